The van der Waals surface area contributed by atoms with E-state index in [2.05, 4.69) is 0 Å². The fraction of sp³-hybridized carbons (Fsp3) is 0.538. The van der Waals surface area contributed by atoms with E-state index < -0.39 is 40.6 Å². The van der Waals surface area contributed by atoms with E-state index in [4.69, 9.17) is 0 Å². The molecule has 0 radical (unpaired) electrons. The number of alkyl halides is 3. The second-order valence-electron chi connectivity index (χ2n) is 4.42. The molecule has 1 aromatic carbocycles. The van der Waals surface area contributed by atoms with Crippen LogP contribution in [0.25, 0.3) is 0 Å². The minimum atomic E-state index is -5.49. The zero-order valence-corrected chi connectivity index (χ0v) is 10.7. The maximum atomic E-state index is 13.5. The highest BCUT2D eigenvalue weighted by Crippen LogP contribution is 2.37. The van der Waals surface area contributed by atoms with Crippen LogP contribution in [0.2, 0.25) is 0 Å². The summed E-state index contributed by atoms with van der Waals surface area (Å²) in [4.78, 5) is 0. The van der Waals surface area contributed by atoms with Gasteiger partial charge >= 0.3 is 6.18 Å². The molecule has 0 bridgehead atoms. The number of hydrogen-bond donors (Lipinski definition) is 0. The second-order valence-corrected chi connectivity index (χ2v) is 4.42. The summed E-state index contributed by atoms with van der Waals surface area (Å²) in [6.07, 6.45) is -3.43. The van der Waals surface area contributed by atoms with Crippen LogP contribution in [0.3, 0.4) is 0 Å². The molecule has 7 heteroatoms. The van der Waals surface area contributed by atoms with E-state index in [1.807, 2.05) is 6.92 Å². The van der Waals surface area contributed by atoms with Crippen LogP contribution in [0.15, 0.2) is 0 Å². The lowest BCUT2D eigenvalue weighted by molar-refractivity contribution is -0.143. The Kier molecular flexibility index (Phi) is 5.42. The lowest BCUT2D eigenvalue weighted by Crippen LogP contribution is -2.17. The molecular formula is C13H13F7. The van der Waals surface area contributed by atoms with E-state index in [1.165, 1.54) is 0 Å². The summed E-state index contributed by atoms with van der Waals surface area (Å²) in [6.45, 7) is 1.89. The number of hydrogen-bond acceptors (Lipinski definition) is 0. The van der Waals surface area contributed by atoms with Crippen LogP contribution in [0, 0.1) is 23.3 Å². The SMILES string of the molecule is CCCCCCc1c(F)c(F)c(C(F)(F)F)c(F)c1F. The Morgan fingerprint density at radius 1 is 0.750 bits per heavy atom. The van der Waals surface area contributed by atoms with Crippen molar-refractivity contribution in [1.82, 2.24) is 0 Å². The van der Waals surface area contributed by atoms with Gasteiger partial charge in [-0.2, -0.15) is 13.2 Å². The molecule has 0 heterocycles. The van der Waals surface area contributed by atoms with Crippen molar-refractivity contribution in [3.63, 3.8) is 0 Å². The molecular weight excluding hydrogens is 289 g/mol. The third-order valence-corrected chi connectivity index (χ3v) is 2.92. The summed E-state index contributed by atoms with van der Waals surface area (Å²) in [6, 6.07) is 0. The monoisotopic (exact) mass is 302 g/mol. The molecule has 0 N–H and O–H groups in total. The molecule has 0 aliphatic carbocycles. The van der Waals surface area contributed by atoms with Crippen molar-refractivity contribution in [3.05, 3.63) is 34.4 Å². The van der Waals surface area contributed by atoms with Crippen LogP contribution in [0.1, 0.15) is 43.7 Å². The predicted molar refractivity (Wildman–Crippen MR) is 59.1 cm³/mol. The van der Waals surface area contributed by atoms with Crippen LogP contribution < -0.4 is 0 Å². The Labute approximate surface area is 111 Å². The summed E-state index contributed by atoms with van der Waals surface area (Å²) in [5, 5.41) is 0. The van der Waals surface area contributed by atoms with Crippen molar-refractivity contribution in [2.24, 2.45) is 0 Å². The van der Waals surface area contributed by atoms with E-state index in [0.29, 0.717) is 6.42 Å². The van der Waals surface area contributed by atoms with Gasteiger partial charge in [-0.25, -0.2) is 17.6 Å². The largest absolute Gasteiger partial charge is 0.422 e. The van der Waals surface area contributed by atoms with Gasteiger partial charge in [-0.1, -0.05) is 26.2 Å². The van der Waals surface area contributed by atoms with Gasteiger partial charge in [0.15, 0.2) is 23.3 Å². The second kappa shape index (κ2) is 6.45. The summed E-state index contributed by atoms with van der Waals surface area (Å²) < 4.78 is 90.5. The standard InChI is InChI=1S/C13H13F7/c1-2-3-4-5-6-7-9(14)11(16)8(13(18,19)20)12(17)10(7)15/h2-6H2,1H3. The van der Waals surface area contributed by atoms with Crippen molar-refractivity contribution in [3.8, 4) is 0 Å². The molecule has 1 rings (SSSR count). The molecule has 0 fully saturated rings. The van der Waals surface area contributed by atoms with Crippen molar-refractivity contribution < 1.29 is 30.7 Å². The number of benzene rings is 1. The van der Waals surface area contributed by atoms with Gasteiger partial charge in [-0.3, -0.25) is 0 Å². The quantitative estimate of drug-likeness (QED) is 0.389. The van der Waals surface area contributed by atoms with Gasteiger partial charge < -0.3 is 0 Å². The maximum Gasteiger partial charge on any atom is 0.422 e. The average molecular weight is 302 g/mol. The molecule has 0 aliphatic rings. The van der Waals surface area contributed by atoms with Crippen LogP contribution in [0.5, 0.6) is 0 Å². The Morgan fingerprint density at radius 2 is 1.25 bits per heavy atom. The van der Waals surface area contributed by atoms with E-state index >= 15 is 0 Å². The van der Waals surface area contributed by atoms with Gasteiger partial charge in [-0.05, 0) is 12.8 Å². The Balaban J connectivity index is 3.17. The molecule has 0 aromatic heterocycles. The van der Waals surface area contributed by atoms with Crippen molar-refractivity contribution in [1.29, 1.82) is 0 Å². The van der Waals surface area contributed by atoms with Crippen LogP contribution in [-0.2, 0) is 12.6 Å². The molecule has 20 heavy (non-hydrogen) atoms. The number of halogens is 7. The average Bonchev–Trinajstić information content (AvgIpc) is 2.34. The zero-order valence-electron chi connectivity index (χ0n) is 10.7. The third kappa shape index (κ3) is 3.43. The molecule has 0 saturated heterocycles. The molecule has 1 aromatic rings. The highest BCUT2D eigenvalue weighted by Gasteiger charge is 2.42. The van der Waals surface area contributed by atoms with Crippen LogP contribution in [-0.4, -0.2) is 0 Å². The lowest BCUT2D eigenvalue weighted by Gasteiger charge is -2.14. The van der Waals surface area contributed by atoms with Crippen molar-refractivity contribution in [2.75, 3.05) is 0 Å². The fourth-order valence-electron chi connectivity index (χ4n) is 1.87. The minimum absolute atomic E-state index is 0.242. The molecule has 0 aliphatic heterocycles. The topological polar surface area (TPSA) is 0 Å². The van der Waals surface area contributed by atoms with E-state index in [9.17, 15) is 30.7 Å². The Hall–Kier alpha value is -1.27. The summed E-state index contributed by atoms with van der Waals surface area (Å²) in [7, 11) is 0. The number of unbranched alkanes of at least 4 members (excludes halogenated alkanes) is 3. The first-order valence-electron chi connectivity index (χ1n) is 6.13. The molecule has 114 valence electrons. The molecule has 0 unspecified atom stereocenters. The molecule has 0 saturated carbocycles. The van der Waals surface area contributed by atoms with Gasteiger partial charge in [-0.15, -0.1) is 0 Å². The molecule has 0 amide bonds. The number of rotatable bonds is 5. The van der Waals surface area contributed by atoms with Gasteiger partial charge in [0.25, 0.3) is 0 Å². The Bertz CT molecular complexity index is 448. The molecule has 0 nitrogen and oxygen atoms in total. The highest BCUT2D eigenvalue weighted by molar-refractivity contribution is 5.31. The fourth-order valence-corrected chi connectivity index (χ4v) is 1.87. The third-order valence-electron chi connectivity index (χ3n) is 2.92. The van der Waals surface area contributed by atoms with E-state index in [0.717, 1.165) is 12.8 Å². The van der Waals surface area contributed by atoms with Crippen LogP contribution >= 0.6 is 0 Å². The normalized spacial score (nSPS) is 12.0. The smallest absolute Gasteiger partial charge is 0.203 e. The first-order chi connectivity index (χ1) is 9.21. The van der Waals surface area contributed by atoms with Crippen LogP contribution in [0.4, 0.5) is 30.7 Å². The summed E-state index contributed by atoms with van der Waals surface area (Å²) >= 11 is 0. The van der Waals surface area contributed by atoms with Gasteiger partial charge in [0.2, 0.25) is 0 Å². The van der Waals surface area contributed by atoms with E-state index in [-0.39, 0.29) is 12.8 Å². The van der Waals surface area contributed by atoms with E-state index in [1.54, 1.807) is 0 Å². The van der Waals surface area contributed by atoms with Crippen molar-refractivity contribution >= 4 is 0 Å². The zero-order chi connectivity index (χ0) is 15.5. The van der Waals surface area contributed by atoms with Crippen molar-refractivity contribution in [2.45, 2.75) is 45.2 Å². The predicted octanol–water partition coefficient (Wildman–Crippen LogP) is 5.38. The first-order valence-corrected chi connectivity index (χ1v) is 6.13. The molecule has 0 spiro atoms. The lowest BCUT2D eigenvalue weighted by atomic mass is 10.0. The van der Waals surface area contributed by atoms with Gasteiger partial charge in [0.1, 0.15) is 5.56 Å². The maximum absolute atomic E-state index is 13.5. The van der Waals surface area contributed by atoms with Gasteiger partial charge in [0.05, 0.1) is 0 Å². The summed E-state index contributed by atoms with van der Waals surface area (Å²) in [5.41, 5.74) is -3.49. The highest BCUT2D eigenvalue weighted by atomic mass is 19.4. The Morgan fingerprint density at radius 3 is 1.65 bits per heavy atom. The first kappa shape index (κ1) is 16.8. The molecule has 0 atom stereocenters. The summed E-state index contributed by atoms with van der Waals surface area (Å²) in [5.74, 6) is -8.70. The van der Waals surface area contributed by atoms with Gasteiger partial charge in [0, 0.05) is 5.56 Å². The minimum Gasteiger partial charge on any atom is -0.203 e.